The molecule has 1 aliphatic rings. The van der Waals surface area contributed by atoms with Crippen LogP contribution in [0.25, 0.3) is 0 Å². The highest BCUT2D eigenvalue weighted by Gasteiger charge is 2.26. The molecule has 1 aliphatic heterocycles. The number of carbonyl (C=O) groups excluding carboxylic acids is 3. The van der Waals surface area contributed by atoms with Crippen LogP contribution in [0.15, 0.2) is 60.7 Å². The minimum absolute atomic E-state index is 0.0115. The monoisotopic (exact) mass is 482 g/mol. The van der Waals surface area contributed by atoms with Crippen LogP contribution in [-0.2, 0) is 11.2 Å². The van der Waals surface area contributed by atoms with Crippen LogP contribution >= 0.6 is 11.8 Å². The third-order valence-electron chi connectivity index (χ3n) is 5.93. The molecular formula is C26H34N4O3S. The van der Waals surface area contributed by atoms with Crippen LogP contribution < -0.4 is 5.32 Å². The number of hydrogen-bond donors (Lipinski definition) is 1. The molecule has 1 saturated heterocycles. The molecule has 0 aliphatic carbocycles. The highest BCUT2D eigenvalue weighted by molar-refractivity contribution is 8.14. The van der Waals surface area contributed by atoms with Gasteiger partial charge in [-0.25, -0.2) is 4.79 Å². The highest BCUT2D eigenvalue weighted by atomic mass is 32.2. The minimum atomic E-state index is -0.603. The Labute approximate surface area is 206 Å². The Hall–Kier alpha value is -2.84. The molecule has 8 heteroatoms. The van der Waals surface area contributed by atoms with Gasteiger partial charge in [0, 0.05) is 50.6 Å². The number of benzene rings is 2. The van der Waals surface area contributed by atoms with Crippen LogP contribution in [0, 0.1) is 0 Å². The first-order valence-electron chi connectivity index (χ1n) is 11.7. The number of urea groups is 1. The Morgan fingerprint density at radius 2 is 1.56 bits per heavy atom. The number of hydrogen-bond acceptors (Lipinski definition) is 5. The first-order valence-corrected chi connectivity index (χ1v) is 12.7. The molecule has 2 aromatic carbocycles. The van der Waals surface area contributed by atoms with Gasteiger partial charge < -0.3 is 20.0 Å². The van der Waals surface area contributed by atoms with Gasteiger partial charge in [0.05, 0.1) is 0 Å². The molecule has 7 nitrogen and oxygen atoms in total. The molecule has 34 heavy (non-hydrogen) atoms. The second kappa shape index (κ2) is 13.2. The number of piperazine rings is 1. The number of carbonyl (C=O) groups is 3. The summed E-state index contributed by atoms with van der Waals surface area (Å²) in [6, 6.07) is 18.2. The van der Waals surface area contributed by atoms with E-state index in [1.807, 2.05) is 60.5 Å². The Bertz CT molecular complexity index is 934. The Balaban J connectivity index is 1.56. The van der Waals surface area contributed by atoms with E-state index in [2.05, 4.69) is 10.2 Å². The molecule has 0 radical (unpaired) electrons. The first-order chi connectivity index (χ1) is 16.4. The average Bonchev–Trinajstić information content (AvgIpc) is 2.87. The van der Waals surface area contributed by atoms with Gasteiger partial charge >= 0.3 is 6.03 Å². The van der Waals surface area contributed by atoms with Gasteiger partial charge in [0.15, 0.2) is 0 Å². The molecule has 0 aromatic heterocycles. The highest BCUT2D eigenvalue weighted by Crippen LogP contribution is 2.13. The molecular weight excluding hydrogens is 448 g/mol. The van der Waals surface area contributed by atoms with Gasteiger partial charge in [0.25, 0.3) is 0 Å². The largest absolute Gasteiger partial charge is 0.338 e. The fourth-order valence-electron chi connectivity index (χ4n) is 3.77. The Morgan fingerprint density at radius 1 is 0.941 bits per heavy atom. The summed E-state index contributed by atoms with van der Waals surface area (Å²) < 4.78 is 0. The van der Waals surface area contributed by atoms with Gasteiger partial charge in [0.1, 0.15) is 6.04 Å². The van der Waals surface area contributed by atoms with Crippen LogP contribution in [0.1, 0.15) is 22.8 Å². The summed E-state index contributed by atoms with van der Waals surface area (Å²) in [7, 11) is 2.04. The van der Waals surface area contributed by atoms with Crippen molar-refractivity contribution >= 4 is 28.8 Å². The molecule has 1 N–H and O–H groups in total. The van der Waals surface area contributed by atoms with E-state index in [1.54, 1.807) is 24.0 Å². The lowest BCUT2D eigenvalue weighted by Gasteiger charge is -2.34. The normalized spacial score (nSPS) is 14.9. The number of rotatable bonds is 9. The Morgan fingerprint density at radius 3 is 2.21 bits per heavy atom. The maximum absolute atomic E-state index is 13.1. The van der Waals surface area contributed by atoms with Crippen molar-refractivity contribution in [1.82, 2.24) is 20.0 Å². The van der Waals surface area contributed by atoms with E-state index in [4.69, 9.17) is 0 Å². The van der Waals surface area contributed by atoms with Crippen molar-refractivity contribution in [2.45, 2.75) is 19.4 Å². The topological polar surface area (TPSA) is 73.0 Å². The van der Waals surface area contributed by atoms with Crippen molar-refractivity contribution < 1.29 is 14.4 Å². The van der Waals surface area contributed by atoms with Gasteiger partial charge in [-0.1, -0.05) is 72.4 Å². The van der Waals surface area contributed by atoms with Gasteiger partial charge in [-0.3, -0.25) is 9.59 Å². The van der Waals surface area contributed by atoms with Crippen molar-refractivity contribution in [3.63, 3.8) is 0 Å². The summed E-state index contributed by atoms with van der Waals surface area (Å²) in [5.41, 5.74) is 1.79. The van der Waals surface area contributed by atoms with Gasteiger partial charge in [-0.05, 0) is 26.0 Å². The number of thioether (sulfide) groups is 1. The van der Waals surface area contributed by atoms with Crippen molar-refractivity contribution in [2.75, 3.05) is 52.1 Å². The smallest absolute Gasteiger partial charge is 0.318 e. The summed E-state index contributed by atoms with van der Waals surface area (Å²) in [5.74, 6) is 0.426. The van der Waals surface area contributed by atoms with Gasteiger partial charge in [-0.15, -0.1) is 0 Å². The summed E-state index contributed by atoms with van der Waals surface area (Å²) in [6.07, 6.45) is 0.701. The van der Waals surface area contributed by atoms with Crippen molar-refractivity contribution in [2.24, 2.45) is 0 Å². The molecule has 0 bridgehead atoms. The van der Waals surface area contributed by atoms with Crippen molar-refractivity contribution in [3.05, 3.63) is 71.8 Å². The summed E-state index contributed by atoms with van der Waals surface area (Å²) in [4.78, 5) is 44.1. The van der Waals surface area contributed by atoms with E-state index in [0.29, 0.717) is 43.9 Å². The van der Waals surface area contributed by atoms with Crippen LogP contribution in [0.2, 0.25) is 0 Å². The fraction of sp³-hybridized carbons (Fsp3) is 0.423. The molecule has 1 unspecified atom stereocenters. The average molecular weight is 483 g/mol. The van der Waals surface area contributed by atoms with Gasteiger partial charge in [0.2, 0.25) is 11.0 Å². The second-order valence-electron chi connectivity index (χ2n) is 8.52. The third kappa shape index (κ3) is 7.88. The van der Waals surface area contributed by atoms with E-state index in [-0.39, 0.29) is 17.1 Å². The SMILES string of the molecule is CC(NC(=O)N(CCSC(=O)c1ccccc1)CCc1ccccc1)C(=O)N1CCN(C)CC1. The molecule has 2 aromatic rings. The van der Waals surface area contributed by atoms with E-state index < -0.39 is 6.04 Å². The zero-order valence-electron chi connectivity index (χ0n) is 20.0. The maximum Gasteiger partial charge on any atom is 0.318 e. The summed E-state index contributed by atoms with van der Waals surface area (Å²) in [5, 5.41) is 2.87. The lowest BCUT2D eigenvalue weighted by molar-refractivity contribution is -0.134. The zero-order valence-corrected chi connectivity index (χ0v) is 20.8. The Kier molecular flexibility index (Phi) is 9.97. The summed E-state index contributed by atoms with van der Waals surface area (Å²) in [6.45, 7) is 5.67. The molecule has 1 atom stereocenters. The lowest BCUT2D eigenvalue weighted by Crippen LogP contribution is -2.55. The predicted octanol–water partition coefficient (Wildman–Crippen LogP) is 2.98. The van der Waals surface area contributed by atoms with E-state index in [1.165, 1.54) is 11.8 Å². The predicted molar refractivity (Wildman–Crippen MR) is 137 cm³/mol. The molecule has 0 saturated carbocycles. The van der Waals surface area contributed by atoms with Crippen LogP contribution in [0.5, 0.6) is 0 Å². The number of nitrogens with zero attached hydrogens (tertiary/aromatic N) is 3. The third-order valence-corrected chi connectivity index (χ3v) is 6.81. The number of likely N-dealkylation sites (N-methyl/N-ethyl adjacent to an activating group) is 1. The van der Waals surface area contributed by atoms with E-state index >= 15 is 0 Å². The first kappa shape index (κ1) is 25.8. The number of nitrogens with one attached hydrogen (secondary N) is 1. The molecule has 0 spiro atoms. The molecule has 182 valence electrons. The molecule has 3 amide bonds. The maximum atomic E-state index is 13.1. The fourth-order valence-corrected chi connectivity index (χ4v) is 4.57. The molecule has 1 fully saturated rings. The minimum Gasteiger partial charge on any atom is -0.338 e. The molecule has 3 rings (SSSR count). The van der Waals surface area contributed by atoms with Crippen LogP contribution in [0.3, 0.4) is 0 Å². The van der Waals surface area contributed by atoms with Crippen molar-refractivity contribution in [3.8, 4) is 0 Å². The van der Waals surface area contributed by atoms with Crippen LogP contribution in [-0.4, -0.2) is 89.9 Å². The van der Waals surface area contributed by atoms with Crippen LogP contribution in [0.4, 0.5) is 4.79 Å². The number of amides is 3. The second-order valence-corrected chi connectivity index (χ2v) is 9.59. The van der Waals surface area contributed by atoms with E-state index in [0.717, 1.165) is 18.7 Å². The van der Waals surface area contributed by atoms with Gasteiger partial charge in [-0.2, -0.15) is 0 Å². The summed E-state index contributed by atoms with van der Waals surface area (Å²) >= 11 is 1.20. The van der Waals surface area contributed by atoms with E-state index in [9.17, 15) is 14.4 Å². The molecule has 1 heterocycles. The lowest BCUT2D eigenvalue weighted by atomic mass is 10.1. The zero-order chi connectivity index (χ0) is 24.3. The quantitative estimate of drug-likeness (QED) is 0.595. The van der Waals surface area contributed by atoms with Crippen molar-refractivity contribution in [1.29, 1.82) is 0 Å². The standard InChI is InChI=1S/C26H34N4O3S/c1-21(24(31)29-17-15-28(2)16-18-29)27-26(33)30(14-13-22-9-5-3-6-10-22)19-20-34-25(32)23-11-7-4-8-12-23/h3-12,21H,13-20H2,1-2H3,(H,27,33).